The molecule has 2 aromatic carbocycles. The molecule has 0 radical (unpaired) electrons. The summed E-state index contributed by atoms with van der Waals surface area (Å²) in [6.07, 6.45) is 0. The van der Waals surface area contributed by atoms with Crippen LogP contribution in [0.15, 0.2) is 42.5 Å². The summed E-state index contributed by atoms with van der Waals surface area (Å²) in [7, 11) is 0. The number of aromatic hydroxyl groups is 2. The predicted octanol–water partition coefficient (Wildman–Crippen LogP) is 2.63. The highest BCUT2D eigenvalue weighted by Crippen LogP contribution is 2.30. The second-order valence-electron chi connectivity index (χ2n) is 3.91. The highest BCUT2D eigenvalue weighted by molar-refractivity contribution is 5.91. The van der Waals surface area contributed by atoms with E-state index < -0.39 is 5.97 Å². The van der Waals surface area contributed by atoms with Gasteiger partial charge in [0, 0.05) is 6.07 Å². The molecule has 0 aliphatic rings. The smallest absolute Gasteiger partial charge is 0.343 e. The van der Waals surface area contributed by atoms with Crippen molar-refractivity contribution in [3.63, 3.8) is 0 Å². The summed E-state index contributed by atoms with van der Waals surface area (Å²) in [5.74, 6) is -0.919. The van der Waals surface area contributed by atoms with Crippen molar-refractivity contribution in [2.24, 2.45) is 0 Å². The Morgan fingerprint density at radius 1 is 1.11 bits per heavy atom. The van der Waals surface area contributed by atoms with Gasteiger partial charge in [0.2, 0.25) is 0 Å². The number of rotatable bonds is 2. The van der Waals surface area contributed by atoms with E-state index >= 15 is 0 Å². The molecule has 0 heterocycles. The molecular formula is C14H12O4. The zero-order valence-corrected chi connectivity index (χ0v) is 9.75. The first-order chi connectivity index (χ1) is 8.56. The molecule has 0 fully saturated rings. The lowest BCUT2D eigenvalue weighted by Crippen LogP contribution is -2.08. The Morgan fingerprint density at radius 3 is 2.56 bits per heavy atom. The maximum absolute atomic E-state index is 11.8. The van der Waals surface area contributed by atoms with E-state index in [1.165, 1.54) is 12.1 Å². The maximum Gasteiger partial charge on any atom is 0.343 e. The first kappa shape index (κ1) is 12.0. The van der Waals surface area contributed by atoms with Crippen molar-refractivity contribution in [1.29, 1.82) is 0 Å². The van der Waals surface area contributed by atoms with Crippen LogP contribution < -0.4 is 4.74 Å². The van der Waals surface area contributed by atoms with Crippen LogP contribution in [0.5, 0.6) is 17.2 Å². The number of hydrogen-bond acceptors (Lipinski definition) is 4. The highest BCUT2D eigenvalue weighted by Gasteiger charge is 2.11. The van der Waals surface area contributed by atoms with Crippen molar-refractivity contribution in [2.45, 2.75) is 6.92 Å². The van der Waals surface area contributed by atoms with Crippen molar-refractivity contribution in [3.05, 3.63) is 53.6 Å². The van der Waals surface area contributed by atoms with Crippen molar-refractivity contribution < 1.29 is 19.7 Å². The van der Waals surface area contributed by atoms with Gasteiger partial charge in [0.1, 0.15) is 5.75 Å². The Balaban J connectivity index is 2.21. The van der Waals surface area contributed by atoms with Crippen molar-refractivity contribution in [2.75, 3.05) is 0 Å². The van der Waals surface area contributed by atoms with Crippen LogP contribution in [-0.2, 0) is 0 Å². The largest absolute Gasteiger partial charge is 0.508 e. The lowest BCUT2D eigenvalue weighted by Gasteiger charge is -2.06. The molecule has 2 aromatic rings. The molecule has 0 unspecified atom stereocenters. The minimum absolute atomic E-state index is 0.0132. The summed E-state index contributed by atoms with van der Waals surface area (Å²) < 4.78 is 5.04. The molecule has 0 amide bonds. The molecule has 92 valence electrons. The van der Waals surface area contributed by atoms with Crippen LogP contribution in [0.2, 0.25) is 0 Å². The normalized spacial score (nSPS) is 10.1. The first-order valence-electron chi connectivity index (χ1n) is 5.37. The SMILES string of the molecule is Cc1cccc(C(=O)Oc2ccc(O)cc2O)c1. The standard InChI is InChI=1S/C14H12O4/c1-9-3-2-4-10(7-9)14(17)18-13-6-5-11(15)8-12(13)16/h2-8,15-16H,1H3. The van der Waals surface area contributed by atoms with E-state index in [2.05, 4.69) is 0 Å². The molecule has 0 aliphatic carbocycles. The van der Waals surface area contributed by atoms with E-state index in [1.807, 2.05) is 13.0 Å². The third-order valence-corrected chi connectivity index (χ3v) is 2.40. The lowest BCUT2D eigenvalue weighted by atomic mass is 10.1. The van der Waals surface area contributed by atoms with E-state index in [1.54, 1.807) is 18.2 Å². The number of esters is 1. The fraction of sp³-hybridized carbons (Fsp3) is 0.0714. The van der Waals surface area contributed by atoms with Crippen LogP contribution in [0.25, 0.3) is 0 Å². The molecule has 2 rings (SSSR count). The van der Waals surface area contributed by atoms with Gasteiger partial charge in [0.25, 0.3) is 0 Å². The summed E-state index contributed by atoms with van der Waals surface area (Å²) in [4.78, 5) is 11.8. The van der Waals surface area contributed by atoms with E-state index in [-0.39, 0.29) is 17.2 Å². The van der Waals surface area contributed by atoms with Gasteiger partial charge in [0.15, 0.2) is 11.5 Å². The molecule has 4 heteroatoms. The van der Waals surface area contributed by atoms with Crippen LogP contribution in [0.4, 0.5) is 0 Å². The van der Waals surface area contributed by atoms with Gasteiger partial charge in [-0.25, -0.2) is 4.79 Å². The van der Waals surface area contributed by atoms with Crippen LogP contribution >= 0.6 is 0 Å². The molecule has 0 saturated heterocycles. The fourth-order valence-electron chi connectivity index (χ4n) is 1.52. The number of aryl methyl sites for hydroxylation is 1. The van der Waals surface area contributed by atoms with Crippen molar-refractivity contribution in [3.8, 4) is 17.2 Å². The first-order valence-corrected chi connectivity index (χ1v) is 5.37. The number of ether oxygens (including phenoxy) is 1. The molecule has 0 aliphatic heterocycles. The van der Waals surface area contributed by atoms with Gasteiger partial charge in [-0.05, 0) is 31.2 Å². The van der Waals surface area contributed by atoms with E-state index in [4.69, 9.17) is 9.84 Å². The quantitative estimate of drug-likeness (QED) is 0.629. The van der Waals surface area contributed by atoms with Crippen molar-refractivity contribution >= 4 is 5.97 Å². The van der Waals surface area contributed by atoms with Gasteiger partial charge in [0.05, 0.1) is 5.56 Å². The summed E-state index contributed by atoms with van der Waals surface area (Å²) in [6, 6.07) is 10.7. The molecule has 18 heavy (non-hydrogen) atoms. The molecule has 2 N–H and O–H groups in total. The highest BCUT2D eigenvalue weighted by atomic mass is 16.5. The van der Waals surface area contributed by atoms with Crippen LogP contribution in [0, 0.1) is 6.92 Å². The zero-order valence-electron chi connectivity index (χ0n) is 9.75. The lowest BCUT2D eigenvalue weighted by molar-refractivity contribution is 0.0729. The molecular weight excluding hydrogens is 232 g/mol. The van der Waals surface area contributed by atoms with Gasteiger partial charge >= 0.3 is 5.97 Å². The summed E-state index contributed by atoms with van der Waals surface area (Å²) in [5.41, 5.74) is 1.35. The molecule has 0 aromatic heterocycles. The van der Waals surface area contributed by atoms with Gasteiger partial charge in [-0.3, -0.25) is 0 Å². The minimum Gasteiger partial charge on any atom is -0.508 e. The van der Waals surface area contributed by atoms with Gasteiger partial charge in [-0.15, -0.1) is 0 Å². The second-order valence-corrected chi connectivity index (χ2v) is 3.91. The Hall–Kier alpha value is -2.49. The Kier molecular flexibility index (Phi) is 3.19. The van der Waals surface area contributed by atoms with E-state index in [0.29, 0.717) is 5.56 Å². The minimum atomic E-state index is -0.556. The Labute approximate surface area is 104 Å². The topological polar surface area (TPSA) is 66.8 Å². The molecule has 4 nitrogen and oxygen atoms in total. The molecule has 0 bridgehead atoms. The van der Waals surface area contributed by atoms with Crippen LogP contribution in [-0.4, -0.2) is 16.2 Å². The Morgan fingerprint density at radius 2 is 1.89 bits per heavy atom. The van der Waals surface area contributed by atoms with E-state index in [0.717, 1.165) is 11.6 Å². The van der Waals surface area contributed by atoms with Gasteiger partial charge in [-0.1, -0.05) is 17.7 Å². The third-order valence-electron chi connectivity index (χ3n) is 2.40. The molecule has 0 atom stereocenters. The monoisotopic (exact) mass is 244 g/mol. The maximum atomic E-state index is 11.8. The summed E-state index contributed by atoms with van der Waals surface area (Å²) >= 11 is 0. The van der Waals surface area contributed by atoms with Crippen LogP contribution in [0.3, 0.4) is 0 Å². The number of hydrogen-bond donors (Lipinski definition) is 2. The number of phenolic OH excluding ortho intramolecular Hbond substituents is 2. The average molecular weight is 244 g/mol. The fourth-order valence-corrected chi connectivity index (χ4v) is 1.52. The van der Waals surface area contributed by atoms with Crippen LogP contribution in [0.1, 0.15) is 15.9 Å². The molecule has 0 spiro atoms. The number of phenols is 2. The third kappa shape index (κ3) is 2.60. The summed E-state index contributed by atoms with van der Waals surface area (Å²) in [6.45, 7) is 1.87. The number of carbonyl (C=O) groups is 1. The average Bonchev–Trinajstić information content (AvgIpc) is 2.32. The Bertz CT molecular complexity index is 590. The predicted molar refractivity (Wildman–Crippen MR) is 65.9 cm³/mol. The second kappa shape index (κ2) is 4.79. The molecule has 0 saturated carbocycles. The summed E-state index contributed by atoms with van der Waals surface area (Å²) in [5, 5.41) is 18.6. The van der Waals surface area contributed by atoms with Gasteiger partial charge < -0.3 is 14.9 Å². The number of carbonyl (C=O) groups excluding carboxylic acids is 1. The number of benzene rings is 2. The zero-order chi connectivity index (χ0) is 13.1. The van der Waals surface area contributed by atoms with E-state index in [9.17, 15) is 9.90 Å². The van der Waals surface area contributed by atoms with Gasteiger partial charge in [-0.2, -0.15) is 0 Å². The van der Waals surface area contributed by atoms with Crippen molar-refractivity contribution in [1.82, 2.24) is 0 Å².